The lowest BCUT2D eigenvalue weighted by Gasteiger charge is -2.16. The monoisotopic (exact) mass is 324 g/mol. The van der Waals surface area contributed by atoms with Crippen LogP contribution in [0.25, 0.3) is 4.91 Å². The Kier molecular flexibility index (Phi) is 4.87. The van der Waals surface area contributed by atoms with E-state index < -0.39 is 0 Å². The van der Waals surface area contributed by atoms with Crippen LogP contribution in [0.5, 0.6) is 0 Å². The molecule has 0 spiro atoms. The fraction of sp³-hybridized carbons (Fsp3) is 0.250. The minimum atomic E-state index is -0.190. The highest BCUT2D eigenvalue weighted by atomic mass is 32.2. The quantitative estimate of drug-likeness (QED) is 0.756. The smallest absolute Gasteiger partial charge is 0.335 e. The average molecular weight is 324 g/mol. The van der Waals surface area contributed by atoms with Crippen LogP contribution in [0.1, 0.15) is 29.5 Å². The molecule has 0 fully saturated rings. The summed E-state index contributed by atoms with van der Waals surface area (Å²) in [6, 6.07) is 18.4. The van der Waals surface area contributed by atoms with E-state index in [4.69, 9.17) is 4.74 Å². The van der Waals surface area contributed by atoms with Crippen molar-refractivity contribution in [3.05, 3.63) is 76.9 Å². The van der Waals surface area contributed by atoms with Crippen LogP contribution in [0, 0.1) is 6.92 Å². The normalized spacial score (nSPS) is 17.4. The first-order valence-electron chi connectivity index (χ1n) is 7.87. The first kappa shape index (κ1) is 15.9. The predicted octanol–water partition coefficient (Wildman–Crippen LogP) is 4.80. The van der Waals surface area contributed by atoms with Crippen molar-refractivity contribution in [1.82, 2.24) is 0 Å². The Balaban J connectivity index is 2.09. The highest BCUT2D eigenvalue weighted by Gasteiger charge is 2.34. The van der Waals surface area contributed by atoms with Gasteiger partial charge in [-0.3, -0.25) is 0 Å². The second-order valence-electron chi connectivity index (χ2n) is 5.55. The van der Waals surface area contributed by atoms with Crippen LogP contribution in [0.4, 0.5) is 0 Å². The Morgan fingerprint density at radius 2 is 1.83 bits per heavy atom. The number of carbonyl (C=O) groups excluding carboxylic acids is 1. The van der Waals surface area contributed by atoms with Gasteiger partial charge in [0.1, 0.15) is 0 Å². The molecule has 1 heterocycles. The molecule has 1 atom stereocenters. The van der Waals surface area contributed by atoms with Crippen molar-refractivity contribution < 1.29 is 9.53 Å². The van der Waals surface area contributed by atoms with Crippen molar-refractivity contribution in [2.45, 2.75) is 19.8 Å². The van der Waals surface area contributed by atoms with Crippen LogP contribution in [0.3, 0.4) is 0 Å². The van der Waals surface area contributed by atoms with Gasteiger partial charge in [0.15, 0.2) is 0 Å². The molecule has 2 aromatic rings. The molecule has 0 saturated carbocycles. The van der Waals surface area contributed by atoms with Crippen LogP contribution in [-0.4, -0.2) is 18.3 Å². The minimum absolute atomic E-state index is 0.0930. The van der Waals surface area contributed by atoms with E-state index in [2.05, 4.69) is 31.2 Å². The van der Waals surface area contributed by atoms with Gasteiger partial charge in [-0.05, 0) is 30.5 Å². The molecular weight excluding hydrogens is 304 g/mol. The highest BCUT2D eigenvalue weighted by Crippen LogP contribution is 2.47. The molecule has 0 bridgehead atoms. The van der Waals surface area contributed by atoms with E-state index in [0.29, 0.717) is 6.61 Å². The number of carbonyl (C=O) groups is 1. The zero-order chi connectivity index (χ0) is 16.2. The minimum Gasteiger partial charge on any atom is -0.463 e. The Labute approximate surface area is 141 Å². The Bertz CT molecular complexity index is 734. The van der Waals surface area contributed by atoms with E-state index in [0.717, 1.165) is 21.8 Å². The van der Waals surface area contributed by atoms with E-state index in [1.165, 1.54) is 11.1 Å². The van der Waals surface area contributed by atoms with E-state index in [9.17, 15) is 4.79 Å². The Morgan fingerprint density at radius 1 is 1.13 bits per heavy atom. The predicted molar refractivity (Wildman–Crippen MR) is 96.4 cm³/mol. The lowest BCUT2D eigenvalue weighted by atomic mass is 9.88. The molecule has 0 radical (unpaired) electrons. The van der Waals surface area contributed by atoms with Crippen molar-refractivity contribution in [1.29, 1.82) is 0 Å². The molecule has 0 saturated heterocycles. The third kappa shape index (κ3) is 3.20. The van der Waals surface area contributed by atoms with Crippen LogP contribution < -0.4 is 0 Å². The van der Waals surface area contributed by atoms with Gasteiger partial charge in [-0.25, -0.2) is 4.79 Å². The molecular formula is C20H20O2S. The number of aryl methyl sites for hydroxylation is 1. The number of hydrogen-bond acceptors (Lipinski definition) is 3. The van der Waals surface area contributed by atoms with Crippen molar-refractivity contribution in [2.75, 3.05) is 12.4 Å². The van der Waals surface area contributed by atoms with Gasteiger partial charge in [0.2, 0.25) is 0 Å². The largest absolute Gasteiger partial charge is 0.463 e. The maximum absolute atomic E-state index is 12.6. The summed E-state index contributed by atoms with van der Waals surface area (Å²) in [6.45, 7) is 4.35. The van der Waals surface area contributed by atoms with E-state index in [1.54, 1.807) is 11.8 Å². The molecule has 2 nitrogen and oxygen atoms in total. The van der Waals surface area contributed by atoms with Crippen molar-refractivity contribution >= 4 is 22.6 Å². The van der Waals surface area contributed by atoms with Gasteiger partial charge in [0.25, 0.3) is 0 Å². The van der Waals surface area contributed by atoms with E-state index in [-0.39, 0.29) is 11.9 Å². The third-order valence-corrected chi connectivity index (χ3v) is 5.33. The van der Waals surface area contributed by atoms with Gasteiger partial charge in [-0.2, -0.15) is 0 Å². The number of benzene rings is 2. The fourth-order valence-electron chi connectivity index (χ4n) is 2.98. The molecule has 1 unspecified atom stereocenters. The van der Waals surface area contributed by atoms with Gasteiger partial charge in [0, 0.05) is 16.6 Å². The van der Waals surface area contributed by atoms with Crippen LogP contribution in [-0.2, 0) is 9.53 Å². The molecule has 3 heteroatoms. The molecule has 23 heavy (non-hydrogen) atoms. The topological polar surface area (TPSA) is 26.3 Å². The SMILES string of the molecule is CCOC(=O)C1=C(c2ccccc2)SCC1c1ccccc1C. The molecule has 2 aromatic carbocycles. The first-order valence-corrected chi connectivity index (χ1v) is 8.86. The van der Waals surface area contributed by atoms with Gasteiger partial charge in [0.05, 0.1) is 12.2 Å². The Hall–Kier alpha value is -2.00. The molecule has 3 rings (SSSR count). The van der Waals surface area contributed by atoms with Crippen LogP contribution in [0.2, 0.25) is 0 Å². The second-order valence-corrected chi connectivity index (χ2v) is 6.58. The summed E-state index contributed by atoms with van der Waals surface area (Å²) in [6.07, 6.45) is 0. The summed E-state index contributed by atoms with van der Waals surface area (Å²) in [5, 5.41) is 0. The molecule has 0 aromatic heterocycles. The summed E-state index contributed by atoms with van der Waals surface area (Å²) in [5.74, 6) is 0.781. The summed E-state index contributed by atoms with van der Waals surface area (Å²) >= 11 is 1.75. The van der Waals surface area contributed by atoms with Crippen molar-refractivity contribution in [2.24, 2.45) is 0 Å². The van der Waals surface area contributed by atoms with Gasteiger partial charge in [-0.15, -0.1) is 11.8 Å². The molecule has 118 valence electrons. The standard InChI is InChI=1S/C20H20O2S/c1-3-22-20(21)18-17(16-12-8-7-9-14(16)2)13-23-19(18)15-10-5-4-6-11-15/h4-12,17H,3,13H2,1-2H3. The number of esters is 1. The van der Waals surface area contributed by atoms with Gasteiger partial charge in [-0.1, -0.05) is 54.6 Å². The Morgan fingerprint density at radius 3 is 2.52 bits per heavy atom. The zero-order valence-corrected chi connectivity index (χ0v) is 14.2. The van der Waals surface area contributed by atoms with Crippen LogP contribution >= 0.6 is 11.8 Å². The fourth-order valence-corrected chi connectivity index (χ4v) is 4.34. The van der Waals surface area contributed by atoms with Crippen LogP contribution in [0.15, 0.2) is 60.2 Å². The molecule has 0 N–H and O–H groups in total. The molecule has 1 aliphatic heterocycles. The number of hydrogen-bond donors (Lipinski definition) is 0. The van der Waals surface area contributed by atoms with Gasteiger partial charge < -0.3 is 4.74 Å². The van der Waals surface area contributed by atoms with Crippen molar-refractivity contribution in [3.63, 3.8) is 0 Å². The summed E-state index contributed by atoms with van der Waals surface area (Å²) in [7, 11) is 0. The molecule has 0 amide bonds. The number of ether oxygens (including phenoxy) is 1. The zero-order valence-electron chi connectivity index (χ0n) is 13.4. The average Bonchev–Trinajstić information content (AvgIpc) is 3.01. The summed E-state index contributed by atoms with van der Waals surface area (Å²) < 4.78 is 5.36. The summed E-state index contributed by atoms with van der Waals surface area (Å²) in [5.41, 5.74) is 4.33. The third-order valence-electron chi connectivity index (χ3n) is 4.08. The van der Waals surface area contributed by atoms with Crippen molar-refractivity contribution in [3.8, 4) is 0 Å². The summed E-state index contributed by atoms with van der Waals surface area (Å²) in [4.78, 5) is 13.7. The number of thioether (sulfide) groups is 1. The second kappa shape index (κ2) is 7.05. The first-order chi connectivity index (χ1) is 11.2. The van der Waals surface area contributed by atoms with E-state index >= 15 is 0 Å². The van der Waals surface area contributed by atoms with Gasteiger partial charge >= 0.3 is 5.97 Å². The molecule has 0 aliphatic carbocycles. The highest BCUT2D eigenvalue weighted by molar-refractivity contribution is 8.08. The lowest BCUT2D eigenvalue weighted by Crippen LogP contribution is -2.15. The maximum Gasteiger partial charge on any atom is 0.335 e. The number of rotatable bonds is 4. The van der Waals surface area contributed by atoms with E-state index in [1.807, 2.05) is 37.3 Å². The maximum atomic E-state index is 12.6. The lowest BCUT2D eigenvalue weighted by molar-refractivity contribution is -0.138. The molecule has 1 aliphatic rings.